The second-order valence-electron chi connectivity index (χ2n) is 6.53. The summed E-state index contributed by atoms with van der Waals surface area (Å²) in [5.41, 5.74) is 0.571. The van der Waals surface area contributed by atoms with Gasteiger partial charge in [0.1, 0.15) is 5.75 Å². The lowest BCUT2D eigenvalue weighted by atomic mass is 9.46. The SMILES string of the molecule is COc1ccc(C2(C(=O)O)CC3(CCCCC3)C2)cc1. The maximum atomic E-state index is 11.9. The van der Waals surface area contributed by atoms with Crippen LogP contribution >= 0.6 is 0 Å². The van der Waals surface area contributed by atoms with Crippen molar-refractivity contribution in [1.82, 2.24) is 0 Å². The normalized spacial score (nSPS) is 23.1. The number of rotatable bonds is 3. The van der Waals surface area contributed by atoms with Crippen LogP contribution in [0.1, 0.15) is 50.5 Å². The number of carboxylic acid groups (broad SMARTS) is 1. The van der Waals surface area contributed by atoms with Gasteiger partial charge in [0.15, 0.2) is 0 Å². The molecule has 1 N–H and O–H groups in total. The van der Waals surface area contributed by atoms with Crippen molar-refractivity contribution in [1.29, 1.82) is 0 Å². The molecule has 0 saturated heterocycles. The number of hydrogen-bond acceptors (Lipinski definition) is 2. The Hall–Kier alpha value is -1.51. The zero-order valence-electron chi connectivity index (χ0n) is 12.0. The minimum atomic E-state index is -0.668. The van der Waals surface area contributed by atoms with Crippen LogP contribution in [-0.2, 0) is 10.2 Å². The van der Waals surface area contributed by atoms with Gasteiger partial charge in [-0.3, -0.25) is 4.79 Å². The third-order valence-corrected chi connectivity index (χ3v) is 5.32. The quantitative estimate of drug-likeness (QED) is 0.912. The summed E-state index contributed by atoms with van der Waals surface area (Å²) in [5.74, 6) is 0.111. The number of ether oxygens (including phenoxy) is 1. The number of hydrogen-bond donors (Lipinski definition) is 1. The summed E-state index contributed by atoms with van der Waals surface area (Å²) in [7, 11) is 1.63. The molecule has 2 saturated carbocycles. The highest BCUT2D eigenvalue weighted by molar-refractivity contribution is 5.83. The van der Waals surface area contributed by atoms with Gasteiger partial charge in [0.25, 0.3) is 0 Å². The van der Waals surface area contributed by atoms with Crippen LogP contribution in [0.15, 0.2) is 24.3 Å². The van der Waals surface area contributed by atoms with Gasteiger partial charge in [0, 0.05) is 0 Å². The van der Waals surface area contributed by atoms with Crippen molar-refractivity contribution in [3.8, 4) is 5.75 Å². The topological polar surface area (TPSA) is 46.5 Å². The first-order valence-electron chi connectivity index (χ1n) is 7.48. The van der Waals surface area contributed by atoms with Gasteiger partial charge in [-0.25, -0.2) is 0 Å². The van der Waals surface area contributed by atoms with E-state index >= 15 is 0 Å². The Kier molecular flexibility index (Phi) is 3.23. The van der Waals surface area contributed by atoms with Crippen LogP contribution in [0.5, 0.6) is 5.75 Å². The number of methoxy groups -OCH3 is 1. The predicted octanol–water partition coefficient (Wildman–Crippen LogP) is 3.76. The molecule has 108 valence electrons. The smallest absolute Gasteiger partial charge is 0.314 e. The zero-order chi connectivity index (χ0) is 14.2. The van der Waals surface area contributed by atoms with Gasteiger partial charge in [0.2, 0.25) is 0 Å². The molecule has 0 unspecified atom stereocenters. The van der Waals surface area contributed by atoms with E-state index in [4.69, 9.17) is 4.74 Å². The molecule has 2 aliphatic carbocycles. The van der Waals surface area contributed by atoms with Gasteiger partial charge in [-0.15, -0.1) is 0 Å². The number of benzene rings is 1. The zero-order valence-corrected chi connectivity index (χ0v) is 12.0. The van der Waals surface area contributed by atoms with Crippen LogP contribution in [-0.4, -0.2) is 18.2 Å². The average molecular weight is 274 g/mol. The van der Waals surface area contributed by atoms with Crippen LogP contribution < -0.4 is 4.74 Å². The first-order chi connectivity index (χ1) is 9.60. The molecular formula is C17H22O3. The lowest BCUT2D eigenvalue weighted by molar-refractivity contribution is -0.156. The molecule has 20 heavy (non-hydrogen) atoms. The molecule has 0 atom stereocenters. The molecule has 3 nitrogen and oxygen atoms in total. The molecule has 0 heterocycles. The van der Waals surface area contributed by atoms with Crippen molar-refractivity contribution in [3.05, 3.63) is 29.8 Å². The van der Waals surface area contributed by atoms with Gasteiger partial charge in [-0.05, 0) is 48.8 Å². The van der Waals surface area contributed by atoms with Gasteiger partial charge in [-0.1, -0.05) is 31.4 Å². The number of aliphatic carboxylic acids is 1. The second-order valence-corrected chi connectivity index (χ2v) is 6.53. The lowest BCUT2D eigenvalue weighted by Gasteiger charge is -2.56. The van der Waals surface area contributed by atoms with Crippen LogP contribution in [0.3, 0.4) is 0 Å². The molecule has 0 aliphatic heterocycles. The summed E-state index contributed by atoms with van der Waals surface area (Å²) in [6.07, 6.45) is 7.86. The Morgan fingerprint density at radius 3 is 2.20 bits per heavy atom. The van der Waals surface area contributed by atoms with Crippen LogP contribution in [0.4, 0.5) is 0 Å². The minimum absolute atomic E-state index is 0.302. The van der Waals surface area contributed by atoms with Crippen LogP contribution in [0.25, 0.3) is 0 Å². The summed E-state index contributed by atoms with van der Waals surface area (Å²) in [6.45, 7) is 0. The fraction of sp³-hybridized carbons (Fsp3) is 0.588. The van der Waals surface area contributed by atoms with E-state index in [-0.39, 0.29) is 0 Å². The number of carboxylic acids is 1. The third-order valence-electron chi connectivity index (χ3n) is 5.32. The molecule has 0 bridgehead atoms. The van der Waals surface area contributed by atoms with Crippen LogP contribution in [0, 0.1) is 5.41 Å². The predicted molar refractivity (Wildman–Crippen MR) is 77.1 cm³/mol. The first kappa shape index (κ1) is 13.5. The summed E-state index contributed by atoms with van der Waals surface area (Å²) in [6, 6.07) is 7.57. The van der Waals surface area contributed by atoms with E-state index in [2.05, 4.69) is 0 Å². The first-order valence-corrected chi connectivity index (χ1v) is 7.48. The van der Waals surface area contributed by atoms with Crippen molar-refractivity contribution in [2.75, 3.05) is 7.11 Å². The summed E-state index contributed by atoms with van der Waals surface area (Å²) >= 11 is 0. The molecule has 1 aromatic carbocycles. The van der Waals surface area contributed by atoms with Crippen LogP contribution in [0.2, 0.25) is 0 Å². The Bertz CT molecular complexity index is 489. The molecule has 0 radical (unpaired) electrons. The largest absolute Gasteiger partial charge is 0.497 e. The summed E-state index contributed by atoms with van der Waals surface area (Å²) in [5, 5.41) is 9.75. The van der Waals surface area contributed by atoms with E-state index < -0.39 is 11.4 Å². The molecule has 3 rings (SSSR count). The molecule has 0 aromatic heterocycles. The van der Waals surface area contributed by atoms with Crippen molar-refractivity contribution in [3.63, 3.8) is 0 Å². The van der Waals surface area contributed by atoms with Crippen molar-refractivity contribution < 1.29 is 14.6 Å². The standard InChI is InChI=1S/C17H22O3/c1-20-14-7-5-13(6-8-14)17(15(18)19)11-16(12-17)9-3-2-4-10-16/h5-8H,2-4,9-12H2,1H3,(H,18,19). The maximum absolute atomic E-state index is 11.9. The Balaban J connectivity index is 1.85. The van der Waals surface area contributed by atoms with Gasteiger partial charge >= 0.3 is 5.97 Å². The fourth-order valence-electron chi connectivity index (χ4n) is 4.27. The van der Waals surface area contributed by atoms with Crippen molar-refractivity contribution in [2.24, 2.45) is 5.41 Å². The minimum Gasteiger partial charge on any atom is -0.497 e. The van der Waals surface area contributed by atoms with E-state index in [9.17, 15) is 9.90 Å². The maximum Gasteiger partial charge on any atom is 0.314 e. The summed E-state index contributed by atoms with van der Waals surface area (Å²) < 4.78 is 5.16. The molecule has 1 aromatic rings. The Morgan fingerprint density at radius 2 is 1.70 bits per heavy atom. The molecule has 2 aliphatic rings. The van der Waals surface area contributed by atoms with Gasteiger partial charge in [-0.2, -0.15) is 0 Å². The Morgan fingerprint density at radius 1 is 1.10 bits per heavy atom. The third kappa shape index (κ3) is 2.00. The van der Waals surface area contributed by atoms with Gasteiger partial charge < -0.3 is 9.84 Å². The van der Waals surface area contributed by atoms with Crippen molar-refractivity contribution in [2.45, 2.75) is 50.4 Å². The van der Waals surface area contributed by atoms with Crippen molar-refractivity contribution >= 4 is 5.97 Å². The van der Waals surface area contributed by atoms with Gasteiger partial charge in [0.05, 0.1) is 12.5 Å². The average Bonchev–Trinajstić information content (AvgIpc) is 2.45. The molecular weight excluding hydrogens is 252 g/mol. The van der Waals surface area contributed by atoms with E-state index in [1.54, 1.807) is 7.11 Å². The summed E-state index contributed by atoms with van der Waals surface area (Å²) in [4.78, 5) is 11.9. The molecule has 2 fully saturated rings. The van der Waals surface area contributed by atoms with E-state index in [1.165, 1.54) is 32.1 Å². The molecule has 3 heteroatoms. The number of carbonyl (C=O) groups is 1. The Labute approximate surface area is 120 Å². The highest BCUT2D eigenvalue weighted by Gasteiger charge is 2.59. The highest BCUT2D eigenvalue weighted by atomic mass is 16.5. The fourth-order valence-corrected chi connectivity index (χ4v) is 4.27. The second kappa shape index (κ2) is 4.80. The molecule has 0 amide bonds. The molecule has 1 spiro atoms. The monoisotopic (exact) mass is 274 g/mol. The van der Waals surface area contributed by atoms with E-state index in [0.29, 0.717) is 5.41 Å². The lowest BCUT2D eigenvalue weighted by Crippen LogP contribution is -2.55. The highest BCUT2D eigenvalue weighted by Crippen LogP contribution is 2.62. The van der Waals surface area contributed by atoms with E-state index in [0.717, 1.165) is 24.2 Å². The van der Waals surface area contributed by atoms with E-state index in [1.807, 2.05) is 24.3 Å².